The largest absolute Gasteiger partial charge is 0.488 e. The maximum absolute atomic E-state index is 5.96. The van der Waals surface area contributed by atoms with Gasteiger partial charge in [0.05, 0.1) is 13.7 Å². The zero-order valence-corrected chi connectivity index (χ0v) is 15.8. The number of ether oxygens (including phenoxy) is 2. The highest BCUT2D eigenvalue weighted by Gasteiger charge is 2.12. The Hall–Kier alpha value is -2.21. The van der Waals surface area contributed by atoms with Crippen LogP contribution in [0.25, 0.3) is 0 Å². The number of aryl methyl sites for hydroxylation is 1. The molecule has 140 valence electrons. The molecule has 1 aliphatic rings. The van der Waals surface area contributed by atoms with Crippen molar-refractivity contribution < 1.29 is 9.47 Å². The summed E-state index contributed by atoms with van der Waals surface area (Å²) in [6.07, 6.45) is 8.81. The van der Waals surface area contributed by atoms with E-state index in [9.17, 15) is 0 Å². The fraction of sp³-hybridized carbons (Fsp3) is 0.550. The molecular formula is C20H28N4O2. The van der Waals surface area contributed by atoms with Crippen molar-refractivity contribution in [3.63, 3.8) is 0 Å². The van der Waals surface area contributed by atoms with E-state index in [2.05, 4.69) is 26.8 Å². The zero-order valence-electron chi connectivity index (χ0n) is 15.8. The molecule has 2 aromatic rings. The summed E-state index contributed by atoms with van der Waals surface area (Å²) in [6.45, 7) is 6.29. The Bertz CT molecular complexity index is 702. The number of rotatable bonds is 9. The van der Waals surface area contributed by atoms with Crippen LogP contribution in [-0.4, -0.2) is 53.2 Å². The molecule has 0 spiro atoms. The van der Waals surface area contributed by atoms with E-state index in [1.54, 1.807) is 13.3 Å². The Kier molecular flexibility index (Phi) is 6.77. The van der Waals surface area contributed by atoms with Crippen LogP contribution in [0.1, 0.15) is 43.3 Å². The molecular weight excluding hydrogens is 328 g/mol. The first kappa shape index (κ1) is 18.6. The summed E-state index contributed by atoms with van der Waals surface area (Å²) in [4.78, 5) is 15.8. The summed E-state index contributed by atoms with van der Waals surface area (Å²) in [5.41, 5.74) is 2.07. The predicted molar refractivity (Wildman–Crippen MR) is 101 cm³/mol. The average Bonchev–Trinajstić information content (AvgIpc) is 3.19. The molecule has 0 atom stereocenters. The lowest BCUT2D eigenvalue weighted by Gasteiger charge is -2.15. The Balaban J connectivity index is 1.59. The molecule has 0 amide bonds. The summed E-state index contributed by atoms with van der Waals surface area (Å²) in [5.74, 6) is 2.02. The molecule has 0 bridgehead atoms. The van der Waals surface area contributed by atoms with E-state index in [0.717, 1.165) is 36.5 Å². The van der Waals surface area contributed by atoms with E-state index >= 15 is 0 Å². The van der Waals surface area contributed by atoms with Gasteiger partial charge < -0.3 is 14.4 Å². The summed E-state index contributed by atoms with van der Waals surface area (Å²) in [5, 5.41) is 0. The van der Waals surface area contributed by atoms with E-state index in [1.807, 2.05) is 18.3 Å². The SMILES string of the molecule is CCc1ccnc(Cc2cnc(OC)c(OCCCN3CCCC3)c2)n1. The van der Waals surface area contributed by atoms with Crippen LogP contribution in [0.5, 0.6) is 11.6 Å². The number of methoxy groups -OCH3 is 1. The lowest BCUT2D eigenvalue weighted by Crippen LogP contribution is -2.22. The van der Waals surface area contributed by atoms with Crippen LogP contribution in [0.4, 0.5) is 0 Å². The van der Waals surface area contributed by atoms with Gasteiger partial charge in [-0.25, -0.2) is 15.0 Å². The Morgan fingerprint density at radius 3 is 2.81 bits per heavy atom. The second-order valence-electron chi connectivity index (χ2n) is 6.60. The molecule has 0 saturated carbocycles. The lowest BCUT2D eigenvalue weighted by atomic mass is 10.2. The molecule has 3 rings (SSSR count). The second-order valence-corrected chi connectivity index (χ2v) is 6.60. The number of hydrogen-bond donors (Lipinski definition) is 0. The molecule has 0 aliphatic carbocycles. The van der Waals surface area contributed by atoms with Crippen molar-refractivity contribution in [1.29, 1.82) is 0 Å². The van der Waals surface area contributed by atoms with Crippen LogP contribution >= 0.6 is 0 Å². The van der Waals surface area contributed by atoms with E-state index < -0.39 is 0 Å². The third kappa shape index (κ3) is 5.14. The van der Waals surface area contributed by atoms with Gasteiger partial charge in [-0.2, -0.15) is 0 Å². The lowest BCUT2D eigenvalue weighted by molar-refractivity contribution is 0.251. The minimum Gasteiger partial charge on any atom is -0.488 e. The van der Waals surface area contributed by atoms with Gasteiger partial charge in [0.25, 0.3) is 5.88 Å². The number of hydrogen-bond acceptors (Lipinski definition) is 6. The first-order chi connectivity index (χ1) is 12.8. The van der Waals surface area contributed by atoms with E-state index in [0.29, 0.717) is 24.7 Å². The van der Waals surface area contributed by atoms with Gasteiger partial charge >= 0.3 is 0 Å². The summed E-state index contributed by atoms with van der Waals surface area (Å²) in [6, 6.07) is 3.94. The third-order valence-electron chi connectivity index (χ3n) is 4.63. The van der Waals surface area contributed by atoms with Crippen molar-refractivity contribution >= 4 is 0 Å². The van der Waals surface area contributed by atoms with Gasteiger partial charge in [-0.15, -0.1) is 0 Å². The molecule has 0 radical (unpaired) electrons. The van der Waals surface area contributed by atoms with Gasteiger partial charge in [-0.3, -0.25) is 0 Å². The number of aromatic nitrogens is 3. The van der Waals surface area contributed by atoms with Gasteiger partial charge in [0.2, 0.25) is 0 Å². The molecule has 1 aliphatic heterocycles. The molecule has 1 fully saturated rings. The van der Waals surface area contributed by atoms with Gasteiger partial charge in [0, 0.05) is 31.1 Å². The fourth-order valence-electron chi connectivity index (χ4n) is 3.21. The van der Waals surface area contributed by atoms with Crippen LogP contribution in [-0.2, 0) is 12.8 Å². The normalized spacial score (nSPS) is 14.5. The monoisotopic (exact) mass is 356 g/mol. The number of nitrogens with zero attached hydrogens (tertiary/aromatic N) is 4. The van der Waals surface area contributed by atoms with E-state index in [1.165, 1.54) is 25.9 Å². The van der Waals surface area contributed by atoms with Crippen molar-refractivity contribution in [1.82, 2.24) is 19.9 Å². The average molecular weight is 356 g/mol. The second kappa shape index (κ2) is 9.48. The number of likely N-dealkylation sites (tertiary alicyclic amines) is 1. The van der Waals surface area contributed by atoms with Crippen LogP contribution < -0.4 is 9.47 Å². The smallest absolute Gasteiger partial charge is 0.256 e. The predicted octanol–water partition coefficient (Wildman–Crippen LogP) is 2.90. The van der Waals surface area contributed by atoms with Crippen LogP contribution in [0, 0.1) is 0 Å². The maximum atomic E-state index is 5.96. The highest BCUT2D eigenvalue weighted by atomic mass is 16.5. The highest BCUT2D eigenvalue weighted by molar-refractivity contribution is 5.37. The van der Waals surface area contributed by atoms with Crippen molar-refractivity contribution in [2.75, 3.05) is 33.4 Å². The van der Waals surface area contributed by atoms with Gasteiger partial charge in [-0.1, -0.05) is 6.92 Å². The first-order valence-electron chi connectivity index (χ1n) is 9.47. The standard InChI is InChI=1S/C20H28N4O2/c1-3-17-7-8-21-19(23-17)14-16-13-18(20(25-2)22-15-16)26-12-6-11-24-9-4-5-10-24/h7-8,13,15H,3-6,9-12,14H2,1-2H3. The van der Waals surface area contributed by atoms with Gasteiger partial charge in [-0.05, 0) is 56.5 Å². The van der Waals surface area contributed by atoms with E-state index in [4.69, 9.17) is 9.47 Å². The number of pyridine rings is 1. The topological polar surface area (TPSA) is 60.4 Å². The Morgan fingerprint density at radius 1 is 1.19 bits per heavy atom. The van der Waals surface area contributed by atoms with Crippen molar-refractivity contribution in [2.45, 2.75) is 39.0 Å². The Morgan fingerprint density at radius 2 is 2.04 bits per heavy atom. The van der Waals surface area contributed by atoms with Crippen LogP contribution in [0.15, 0.2) is 24.5 Å². The molecule has 0 N–H and O–H groups in total. The highest BCUT2D eigenvalue weighted by Crippen LogP contribution is 2.26. The molecule has 0 unspecified atom stereocenters. The summed E-state index contributed by atoms with van der Waals surface area (Å²) < 4.78 is 11.3. The molecule has 0 aromatic carbocycles. The van der Waals surface area contributed by atoms with Gasteiger partial charge in [0.15, 0.2) is 5.75 Å². The quantitative estimate of drug-likeness (QED) is 0.644. The van der Waals surface area contributed by atoms with Crippen molar-refractivity contribution in [3.8, 4) is 11.6 Å². The van der Waals surface area contributed by atoms with E-state index in [-0.39, 0.29) is 0 Å². The molecule has 1 saturated heterocycles. The van der Waals surface area contributed by atoms with Gasteiger partial charge in [0.1, 0.15) is 5.82 Å². The molecule has 6 nitrogen and oxygen atoms in total. The summed E-state index contributed by atoms with van der Waals surface area (Å²) in [7, 11) is 1.62. The van der Waals surface area contributed by atoms with Crippen molar-refractivity contribution in [2.24, 2.45) is 0 Å². The molecule has 2 aromatic heterocycles. The molecule has 26 heavy (non-hydrogen) atoms. The molecule has 3 heterocycles. The van der Waals surface area contributed by atoms with Crippen LogP contribution in [0.3, 0.4) is 0 Å². The molecule has 6 heteroatoms. The minimum atomic E-state index is 0.526. The Labute approximate surface area is 155 Å². The maximum Gasteiger partial charge on any atom is 0.256 e. The van der Waals surface area contributed by atoms with Crippen molar-refractivity contribution in [3.05, 3.63) is 41.6 Å². The van der Waals surface area contributed by atoms with Crippen LogP contribution in [0.2, 0.25) is 0 Å². The third-order valence-corrected chi connectivity index (χ3v) is 4.63. The minimum absolute atomic E-state index is 0.526. The fourth-order valence-corrected chi connectivity index (χ4v) is 3.21. The first-order valence-corrected chi connectivity index (χ1v) is 9.47. The zero-order chi connectivity index (χ0) is 18.2. The summed E-state index contributed by atoms with van der Waals surface area (Å²) >= 11 is 0.